The van der Waals surface area contributed by atoms with Crippen molar-refractivity contribution in [3.8, 4) is 11.5 Å². The van der Waals surface area contributed by atoms with Crippen molar-refractivity contribution in [1.82, 2.24) is 5.32 Å². The molecule has 0 aromatic heterocycles. The number of benzene rings is 1. The molecule has 2 rings (SSSR count). The molecule has 1 N–H and O–H groups in total. The van der Waals surface area contributed by atoms with Crippen molar-refractivity contribution in [2.24, 2.45) is 0 Å². The lowest BCUT2D eigenvalue weighted by molar-refractivity contribution is -0.385. The molecule has 0 aliphatic carbocycles. The summed E-state index contributed by atoms with van der Waals surface area (Å²) in [6, 6.07) is 3.79. The van der Waals surface area contributed by atoms with Crippen LogP contribution >= 0.6 is 0 Å². The molecule has 0 saturated carbocycles. The molecule has 1 heterocycles. The van der Waals surface area contributed by atoms with Crippen LogP contribution < -0.4 is 14.8 Å². The maximum absolute atomic E-state index is 12.0. The van der Waals surface area contributed by atoms with Crippen LogP contribution in [0.15, 0.2) is 18.2 Å². The zero-order valence-corrected chi connectivity index (χ0v) is 14.1. The van der Waals surface area contributed by atoms with Crippen LogP contribution in [0.2, 0.25) is 0 Å². The predicted molar refractivity (Wildman–Crippen MR) is 85.0 cm³/mol. The average molecular weight is 358 g/mol. The highest BCUT2D eigenvalue weighted by Crippen LogP contribution is 2.31. The summed E-state index contributed by atoms with van der Waals surface area (Å²) in [6.45, 7) is 1.25. The van der Waals surface area contributed by atoms with Crippen molar-refractivity contribution in [1.29, 1.82) is 0 Å². The van der Waals surface area contributed by atoms with Crippen LogP contribution in [-0.4, -0.2) is 50.0 Å². The molecule has 9 nitrogen and oxygen atoms in total. The van der Waals surface area contributed by atoms with Gasteiger partial charge in [-0.1, -0.05) is 0 Å². The smallest absolute Gasteiger partial charge is 0.273 e. The fourth-order valence-corrected chi connectivity index (χ4v) is 4.61. The van der Waals surface area contributed by atoms with Gasteiger partial charge in [0.25, 0.3) is 11.6 Å². The molecule has 1 fully saturated rings. The molecule has 0 spiro atoms. The molecule has 1 aliphatic heterocycles. The number of sulfone groups is 1. The molecule has 1 aliphatic rings. The first kappa shape index (κ1) is 18.0. The van der Waals surface area contributed by atoms with E-state index >= 15 is 0 Å². The summed E-state index contributed by atoms with van der Waals surface area (Å²) in [5.41, 5.74) is -1.02. The Hall–Kier alpha value is -2.36. The third-order valence-electron chi connectivity index (χ3n) is 3.66. The van der Waals surface area contributed by atoms with E-state index in [9.17, 15) is 23.3 Å². The van der Waals surface area contributed by atoms with Crippen molar-refractivity contribution in [3.63, 3.8) is 0 Å². The van der Waals surface area contributed by atoms with Crippen LogP contribution in [0, 0.1) is 10.1 Å². The second kappa shape index (κ2) is 6.63. The molecule has 1 atom stereocenters. The normalized spacial score (nSPS) is 21.9. The molecule has 0 bridgehead atoms. The Morgan fingerprint density at radius 2 is 2.12 bits per heavy atom. The number of amides is 1. The van der Waals surface area contributed by atoms with Gasteiger partial charge in [0.1, 0.15) is 0 Å². The lowest BCUT2D eigenvalue weighted by atomic mass is 10.0. The molecule has 1 aromatic rings. The number of nitro benzene ring substituents is 1. The van der Waals surface area contributed by atoms with Crippen molar-refractivity contribution in [2.75, 3.05) is 25.2 Å². The summed E-state index contributed by atoms with van der Waals surface area (Å²) in [7, 11) is -1.77. The van der Waals surface area contributed by atoms with Gasteiger partial charge in [-0.3, -0.25) is 14.9 Å². The van der Waals surface area contributed by atoms with Crippen molar-refractivity contribution in [3.05, 3.63) is 28.3 Å². The first-order chi connectivity index (χ1) is 11.1. The Labute approximate surface area is 139 Å². The highest BCUT2D eigenvalue weighted by molar-refractivity contribution is 7.91. The summed E-state index contributed by atoms with van der Waals surface area (Å²) < 4.78 is 33.4. The molecule has 132 valence electrons. The summed E-state index contributed by atoms with van der Waals surface area (Å²) >= 11 is 0. The quantitative estimate of drug-likeness (QED) is 0.585. The van der Waals surface area contributed by atoms with E-state index in [1.807, 2.05) is 0 Å². The average Bonchev–Trinajstić information content (AvgIpc) is 2.77. The molecule has 0 radical (unpaired) electrons. The van der Waals surface area contributed by atoms with E-state index in [4.69, 9.17) is 9.47 Å². The number of nitrogens with zero attached hydrogens (tertiary/aromatic N) is 1. The van der Waals surface area contributed by atoms with Gasteiger partial charge in [-0.2, -0.15) is 0 Å². The number of hydrogen-bond acceptors (Lipinski definition) is 7. The summed E-state index contributed by atoms with van der Waals surface area (Å²) in [5, 5.41) is 13.4. The maximum atomic E-state index is 12.0. The molecule has 1 amide bonds. The van der Waals surface area contributed by atoms with Crippen LogP contribution in [0.1, 0.15) is 13.3 Å². The van der Waals surface area contributed by atoms with Crippen LogP contribution in [0.5, 0.6) is 11.5 Å². The highest BCUT2D eigenvalue weighted by atomic mass is 32.2. The number of rotatable bonds is 6. The van der Waals surface area contributed by atoms with Crippen LogP contribution in [-0.2, 0) is 14.6 Å². The van der Waals surface area contributed by atoms with E-state index in [0.717, 1.165) is 6.07 Å². The zero-order valence-electron chi connectivity index (χ0n) is 13.3. The monoisotopic (exact) mass is 358 g/mol. The molecule has 0 unspecified atom stereocenters. The van der Waals surface area contributed by atoms with Gasteiger partial charge in [-0.15, -0.1) is 0 Å². The SMILES string of the molecule is COc1ccc([N+](=O)[O-])cc1OCC(=O)N[C@]1(C)CCS(=O)(=O)C1. The lowest BCUT2D eigenvalue weighted by Gasteiger charge is -2.23. The van der Waals surface area contributed by atoms with E-state index in [-0.39, 0.29) is 28.7 Å². The van der Waals surface area contributed by atoms with Gasteiger partial charge in [-0.25, -0.2) is 8.42 Å². The van der Waals surface area contributed by atoms with Crippen LogP contribution in [0.25, 0.3) is 0 Å². The Balaban J connectivity index is 2.01. The minimum Gasteiger partial charge on any atom is -0.493 e. The minimum atomic E-state index is -3.14. The van der Waals surface area contributed by atoms with Gasteiger partial charge in [0, 0.05) is 6.07 Å². The van der Waals surface area contributed by atoms with E-state index in [1.165, 1.54) is 19.2 Å². The van der Waals surface area contributed by atoms with Crippen LogP contribution in [0.3, 0.4) is 0 Å². The van der Waals surface area contributed by atoms with Crippen LogP contribution in [0.4, 0.5) is 5.69 Å². The lowest BCUT2D eigenvalue weighted by Crippen LogP contribution is -2.48. The standard InChI is InChI=1S/C14H18N2O7S/c1-14(5-6-24(20,21)9-14)15-13(17)8-23-12-7-10(16(18)19)3-4-11(12)22-2/h3-4,7H,5-6,8-9H2,1-2H3,(H,15,17)/t14-/m1/s1. The minimum absolute atomic E-state index is 0.0311. The molecule has 1 saturated heterocycles. The van der Waals surface area contributed by atoms with Gasteiger partial charge < -0.3 is 14.8 Å². The van der Waals surface area contributed by atoms with Crippen molar-refractivity contribution in [2.45, 2.75) is 18.9 Å². The van der Waals surface area contributed by atoms with E-state index in [0.29, 0.717) is 6.42 Å². The molecule has 24 heavy (non-hydrogen) atoms. The summed E-state index contributed by atoms with van der Waals surface area (Å²) in [6.07, 6.45) is 0.335. The zero-order chi connectivity index (χ0) is 18.0. The second-order valence-electron chi connectivity index (χ2n) is 5.83. The molecule has 1 aromatic carbocycles. The number of carbonyl (C=O) groups is 1. The molecule has 10 heteroatoms. The number of non-ortho nitro benzene ring substituents is 1. The van der Waals surface area contributed by atoms with Gasteiger partial charge in [-0.05, 0) is 19.4 Å². The van der Waals surface area contributed by atoms with Gasteiger partial charge in [0.15, 0.2) is 27.9 Å². The second-order valence-corrected chi connectivity index (χ2v) is 8.02. The number of nitro groups is 1. The predicted octanol–water partition coefficient (Wildman–Crippen LogP) is 0.676. The third kappa shape index (κ3) is 4.34. The van der Waals surface area contributed by atoms with E-state index < -0.39 is 32.8 Å². The largest absolute Gasteiger partial charge is 0.493 e. The van der Waals surface area contributed by atoms with Gasteiger partial charge in [0.2, 0.25) is 0 Å². The number of ether oxygens (including phenoxy) is 2. The fourth-order valence-electron chi connectivity index (χ4n) is 2.52. The highest BCUT2D eigenvalue weighted by Gasteiger charge is 2.39. The first-order valence-electron chi connectivity index (χ1n) is 7.11. The Bertz CT molecular complexity index is 762. The Morgan fingerprint density at radius 3 is 2.67 bits per heavy atom. The van der Waals surface area contributed by atoms with Crippen molar-refractivity contribution < 1.29 is 27.6 Å². The fraction of sp³-hybridized carbons (Fsp3) is 0.500. The Kier molecular flexibility index (Phi) is 4.97. The summed E-state index contributed by atoms with van der Waals surface area (Å²) in [5.74, 6) is -0.285. The molecular formula is C14H18N2O7S. The maximum Gasteiger partial charge on any atom is 0.273 e. The number of carbonyl (C=O) groups excluding carboxylic acids is 1. The Morgan fingerprint density at radius 1 is 1.42 bits per heavy atom. The third-order valence-corrected chi connectivity index (χ3v) is 5.56. The van der Waals surface area contributed by atoms with E-state index in [1.54, 1.807) is 6.92 Å². The van der Waals surface area contributed by atoms with Crippen molar-refractivity contribution >= 4 is 21.4 Å². The van der Waals surface area contributed by atoms with Gasteiger partial charge >= 0.3 is 0 Å². The number of nitrogens with one attached hydrogen (secondary N) is 1. The van der Waals surface area contributed by atoms with E-state index in [2.05, 4.69) is 5.32 Å². The first-order valence-corrected chi connectivity index (χ1v) is 8.93. The molecular weight excluding hydrogens is 340 g/mol. The number of methoxy groups -OCH3 is 1. The number of hydrogen-bond donors (Lipinski definition) is 1. The summed E-state index contributed by atoms with van der Waals surface area (Å²) in [4.78, 5) is 22.2. The van der Waals surface area contributed by atoms with Gasteiger partial charge in [0.05, 0.1) is 35.1 Å². The topological polar surface area (TPSA) is 125 Å².